The number of nitrogens with one attached hydrogen (secondary N) is 1. The fraction of sp³-hybridized carbons (Fsp3) is 0.571. The molecule has 0 aliphatic carbocycles. The third-order valence-corrected chi connectivity index (χ3v) is 1.29. The first-order chi connectivity index (χ1) is 5.49. The van der Waals surface area contributed by atoms with Crippen LogP contribution in [0.4, 0.5) is 0 Å². The molecule has 0 saturated heterocycles. The smallest absolute Gasteiger partial charge is 0.287 e. The van der Waals surface area contributed by atoms with Crippen LogP contribution in [0.5, 0.6) is 0 Å². The number of hydrogen-bond donors (Lipinski definition) is 1. The molecule has 0 rings (SSSR count). The van der Waals surface area contributed by atoms with Crippen molar-refractivity contribution in [1.82, 2.24) is 10.2 Å². The van der Waals surface area contributed by atoms with E-state index in [2.05, 4.69) is 5.32 Å². The molecule has 0 aliphatic heterocycles. The summed E-state index contributed by atoms with van der Waals surface area (Å²) >= 11 is 0. The van der Waals surface area contributed by atoms with Gasteiger partial charge in [-0.15, -0.1) is 0 Å². The Labute approximate surface area is 70.7 Å². The van der Waals surface area contributed by atoms with Crippen LogP contribution in [-0.2, 0) is 14.4 Å². The molecule has 1 N–H and O–H groups in total. The molecule has 0 aliphatic rings. The molecule has 0 aromatic rings. The third-order valence-electron chi connectivity index (χ3n) is 1.29. The molecule has 2 amide bonds. The summed E-state index contributed by atoms with van der Waals surface area (Å²) in [5.41, 5.74) is 0. The number of ketones is 1. The van der Waals surface area contributed by atoms with Crippen LogP contribution in [-0.4, -0.2) is 43.6 Å². The second-order valence-electron chi connectivity index (χ2n) is 2.47. The van der Waals surface area contributed by atoms with Gasteiger partial charge >= 0.3 is 0 Å². The molecule has 5 nitrogen and oxygen atoms in total. The molecule has 0 atom stereocenters. The normalized spacial score (nSPS) is 8.92. The van der Waals surface area contributed by atoms with Crippen LogP contribution in [0.3, 0.4) is 0 Å². The van der Waals surface area contributed by atoms with Gasteiger partial charge in [0, 0.05) is 21.1 Å². The number of amides is 2. The monoisotopic (exact) mass is 172 g/mol. The van der Waals surface area contributed by atoms with Crippen LogP contribution in [0.15, 0.2) is 0 Å². The largest absolute Gasteiger partial charge is 0.353 e. The van der Waals surface area contributed by atoms with E-state index in [0.717, 1.165) is 0 Å². The van der Waals surface area contributed by atoms with Crippen molar-refractivity contribution >= 4 is 17.6 Å². The molecule has 0 unspecified atom stereocenters. The topological polar surface area (TPSA) is 66.5 Å². The lowest BCUT2D eigenvalue weighted by molar-refractivity contribution is -0.141. The fourth-order valence-corrected chi connectivity index (χ4v) is 0.515. The number of hydrogen-bond acceptors (Lipinski definition) is 3. The van der Waals surface area contributed by atoms with Gasteiger partial charge in [0.15, 0.2) is 0 Å². The third kappa shape index (κ3) is 3.14. The Balaban J connectivity index is 4.02. The highest BCUT2D eigenvalue weighted by Crippen LogP contribution is 1.88. The standard InChI is InChI=1S/C7H12N2O3/c1-8-7(12)5(10)4-6(11)9(2)3/h4H2,1-3H3,(H,8,12). The highest BCUT2D eigenvalue weighted by molar-refractivity contribution is 6.39. The van der Waals surface area contributed by atoms with Crippen molar-refractivity contribution in [2.45, 2.75) is 6.42 Å². The molecule has 0 aromatic heterocycles. The molecule has 5 heteroatoms. The average Bonchev–Trinajstić information content (AvgIpc) is 2.02. The maximum Gasteiger partial charge on any atom is 0.287 e. The summed E-state index contributed by atoms with van der Waals surface area (Å²) in [5, 5.41) is 2.15. The van der Waals surface area contributed by atoms with Gasteiger partial charge in [-0.2, -0.15) is 0 Å². The number of carbonyl (C=O) groups excluding carboxylic acids is 3. The second kappa shape index (κ2) is 4.48. The van der Waals surface area contributed by atoms with E-state index in [1.165, 1.54) is 26.0 Å². The van der Waals surface area contributed by atoms with E-state index in [1.54, 1.807) is 0 Å². The maximum atomic E-state index is 10.9. The molecule has 0 spiro atoms. The summed E-state index contributed by atoms with van der Waals surface area (Å²) in [6, 6.07) is 0. The highest BCUT2D eigenvalue weighted by atomic mass is 16.2. The summed E-state index contributed by atoms with van der Waals surface area (Å²) in [5.74, 6) is -1.81. The summed E-state index contributed by atoms with van der Waals surface area (Å²) in [6.45, 7) is 0. The minimum Gasteiger partial charge on any atom is -0.353 e. The number of likely N-dealkylation sites (N-methyl/N-ethyl adjacent to an activating group) is 1. The van der Waals surface area contributed by atoms with E-state index in [0.29, 0.717) is 0 Å². The van der Waals surface area contributed by atoms with Crippen molar-refractivity contribution in [2.24, 2.45) is 0 Å². The summed E-state index contributed by atoms with van der Waals surface area (Å²) in [4.78, 5) is 33.6. The van der Waals surface area contributed by atoms with Gasteiger partial charge < -0.3 is 10.2 Å². The zero-order chi connectivity index (χ0) is 9.72. The Kier molecular flexibility index (Phi) is 3.96. The van der Waals surface area contributed by atoms with Gasteiger partial charge in [-0.1, -0.05) is 0 Å². The summed E-state index contributed by atoms with van der Waals surface area (Å²) in [7, 11) is 4.40. The van der Waals surface area contributed by atoms with Crippen LogP contribution in [0, 0.1) is 0 Å². The Morgan fingerprint density at radius 2 is 1.75 bits per heavy atom. The Hall–Kier alpha value is -1.39. The van der Waals surface area contributed by atoms with Crippen LogP contribution in [0.2, 0.25) is 0 Å². The first-order valence-electron chi connectivity index (χ1n) is 3.44. The van der Waals surface area contributed by atoms with Gasteiger partial charge in [0.05, 0.1) is 6.42 Å². The molecule has 0 fully saturated rings. The molecule has 0 aromatic carbocycles. The van der Waals surface area contributed by atoms with Crippen LogP contribution < -0.4 is 5.32 Å². The highest BCUT2D eigenvalue weighted by Gasteiger charge is 2.16. The quantitative estimate of drug-likeness (QED) is 0.428. The summed E-state index contributed by atoms with van der Waals surface area (Å²) < 4.78 is 0. The summed E-state index contributed by atoms with van der Waals surface area (Å²) in [6.07, 6.45) is -0.368. The van der Waals surface area contributed by atoms with Gasteiger partial charge in [-0.3, -0.25) is 14.4 Å². The maximum absolute atomic E-state index is 10.9. The molecule has 0 saturated carbocycles. The average molecular weight is 172 g/mol. The van der Waals surface area contributed by atoms with E-state index in [1.807, 2.05) is 0 Å². The lowest BCUT2D eigenvalue weighted by atomic mass is 10.2. The van der Waals surface area contributed by atoms with E-state index in [4.69, 9.17) is 0 Å². The molecule has 0 radical (unpaired) electrons. The van der Waals surface area contributed by atoms with Crippen molar-refractivity contribution in [3.8, 4) is 0 Å². The van der Waals surface area contributed by atoms with E-state index >= 15 is 0 Å². The Morgan fingerprint density at radius 3 is 2.08 bits per heavy atom. The van der Waals surface area contributed by atoms with Gasteiger partial charge in [0.1, 0.15) is 0 Å². The molecule has 0 heterocycles. The van der Waals surface area contributed by atoms with Gasteiger partial charge in [-0.25, -0.2) is 0 Å². The number of Topliss-reactive ketones (excluding diaryl/α,β-unsaturated/α-hetero) is 1. The number of nitrogens with zero attached hydrogens (tertiary/aromatic N) is 1. The van der Waals surface area contributed by atoms with Crippen LogP contribution >= 0.6 is 0 Å². The first kappa shape index (κ1) is 10.6. The lowest BCUT2D eigenvalue weighted by Crippen LogP contribution is -2.32. The second-order valence-corrected chi connectivity index (χ2v) is 2.47. The molecule has 12 heavy (non-hydrogen) atoms. The van der Waals surface area contributed by atoms with Gasteiger partial charge in [-0.05, 0) is 0 Å². The molecule has 68 valence electrons. The van der Waals surface area contributed by atoms with Gasteiger partial charge in [0.2, 0.25) is 11.7 Å². The molecular formula is C7H12N2O3. The van der Waals surface area contributed by atoms with Crippen molar-refractivity contribution < 1.29 is 14.4 Å². The van der Waals surface area contributed by atoms with E-state index in [9.17, 15) is 14.4 Å². The zero-order valence-electron chi connectivity index (χ0n) is 7.38. The minimum absolute atomic E-state index is 0.368. The van der Waals surface area contributed by atoms with Crippen molar-refractivity contribution in [3.63, 3.8) is 0 Å². The van der Waals surface area contributed by atoms with E-state index < -0.39 is 11.7 Å². The van der Waals surface area contributed by atoms with Crippen LogP contribution in [0.1, 0.15) is 6.42 Å². The molecule has 0 bridgehead atoms. The molecular weight excluding hydrogens is 160 g/mol. The Bertz CT molecular complexity index is 211. The van der Waals surface area contributed by atoms with Crippen molar-refractivity contribution in [3.05, 3.63) is 0 Å². The predicted molar refractivity (Wildman–Crippen MR) is 42.4 cm³/mol. The van der Waals surface area contributed by atoms with Gasteiger partial charge in [0.25, 0.3) is 5.91 Å². The van der Waals surface area contributed by atoms with Crippen molar-refractivity contribution in [1.29, 1.82) is 0 Å². The first-order valence-corrected chi connectivity index (χ1v) is 3.44. The van der Waals surface area contributed by atoms with E-state index in [-0.39, 0.29) is 12.3 Å². The Morgan fingerprint density at radius 1 is 1.25 bits per heavy atom. The van der Waals surface area contributed by atoms with Crippen LogP contribution in [0.25, 0.3) is 0 Å². The SMILES string of the molecule is CNC(=O)C(=O)CC(=O)N(C)C. The fourth-order valence-electron chi connectivity index (χ4n) is 0.515. The number of rotatable bonds is 3. The van der Waals surface area contributed by atoms with Crippen molar-refractivity contribution in [2.75, 3.05) is 21.1 Å². The zero-order valence-corrected chi connectivity index (χ0v) is 7.38. The number of carbonyl (C=O) groups is 3. The minimum atomic E-state index is -0.731. The predicted octanol–water partition coefficient (Wildman–Crippen LogP) is -1.22. The lowest BCUT2D eigenvalue weighted by Gasteiger charge is -2.08.